The van der Waals surface area contributed by atoms with Crippen molar-refractivity contribution in [2.24, 2.45) is 0 Å². The summed E-state index contributed by atoms with van der Waals surface area (Å²) in [5, 5.41) is 3.39. The number of halogens is 2. The van der Waals surface area contributed by atoms with Gasteiger partial charge >= 0.3 is 0 Å². The van der Waals surface area contributed by atoms with E-state index in [1.807, 2.05) is 6.92 Å². The Morgan fingerprint density at radius 1 is 1.64 bits per heavy atom. The summed E-state index contributed by atoms with van der Waals surface area (Å²) in [6.45, 7) is 2.25. The minimum Gasteiger partial charge on any atom is -0.300 e. The van der Waals surface area contributed by atoms with E-state index in [2.05, 4.69) is 11.2 Å². The van der Waals surface area contributed by atoms with Crippen LogP contribution in [0, 0.1) is 18.2 Å². The highest BCUT2D eigenvalue weighted by Gasteiger charge is 2.03. The second-order valence-electron chi connectivity index (χ2n) is 3.00. The van der Waals surface area contributed by atoms with Gasteiger partial charge in [-0.3, -0.25) is 5.32 Å². The Labute approximate surface area is 88.3 Å². The van der Waals surface area contributed by atoms with Crippen molar-refractivity contribution in [3.05, 3.63) is 34.6 Å². The molecule has 1 aromatic carbocycles. The van der Waals surface area contributed by atoms with E-state index in [9.17, 15) is 4.39 Å². The fourth-order valence-electron chi connectivity index (χ4n) is 0.987. The van der Waals surface area contributed by atoms with Gasteiger partial charge in [0.05, 0.1) is 6.04 Å². The molecule has 14 heavy (non-hydrogen) atoms. The van der Waals surface area contributed by atoms with Crippen LogP contribution in [0.4, 0.5) is 4.39 Å². The topological polar surface area (TPSA) is 12.0 Å². The highest BCUT2D eigenvalue weighted by molar-refractivity contribution is 6.30. The normalized spacial score (nSPS) is 12.1. The molecule has 0 heterocycles. The third-order valence-electron chi connectivity index (χ3n) is 1.86. The summed E-state index contributed by atoms with van der Waals surface area (Å²) in [5.41, 5.74) is 0.566. The molecule has 1 nitrogen and oxygen atoms in total. The lowest BCUT2D eigenvalue weighted by molar-refractivity contribution is 0.578. The number of rotatable bonds is 3. The first-order valence-electron chi connectivity index (χ1n) is 4.27. The summed E-state index contributed by atoms with van der Waals surface area (Å²) >= 11 is 5.61. The Balaban J connectivity index is 2.64. The van der Waals surface area contributed by atoms with Crippen molar-refractivity contribution in [2.75, 3.05) is 0 Å². The average Bonchev–Trinajstić information content (AvgIpc) is 2.16. The van der Waals surface area contributed by atoms with Crippen molar-refractivity contribution < 1.29 is 4.39 Å². The first-order valence-corrected chi connectivity index (χ1v) is 4.64. The van der Waals surface area contributed by atoms with Crippen LogP contribution in [-0.2, 0) is 6.54 Å². The van der Waals surface area contributed by atoms with Gasteiger partial charge in [-0.2, -0.15) is 0 Å². The van der Waals surface area contributed by atoms with Crippen molar-refractivity contribution in [2.45, 2.75) is 19.5 Å². The number of terminal acetylenes is 1. The van der Waals surface area contributed by atoms with Crippen LogP contribution in [0.5, 0.6) is 0 Å². The molecule has 74 valence electrons. The molecule has 0 aliphatic carbocycles. The van der Waals surface area contributed by atoms with Crippen LogP contribution in [0.1, 0.15) is 12.5 Å². The Morgan fingerprint density at radius 3 is 2.93 bits per heavy atom. The van der Waals surface area contributed by atoms with E-state index >= 15 is 0 Å². The lowest BCUT2D eigenvalue weighted by Gasteiger charge is -2.08. The number of hydrogen-bond acceptors (Lipinski definition) is 1. The van der Waals surface area contributed by atoms with Crippen molar-refractivity contribution in [3.63, 3.8) is 0 Å². The van der Waals surface area contributed by atoms with Crippen LogP contribution >= 0.6 is 11.6 Å². The highest BCUT2D eigenvalue weighted by atomic mass is 35.5. The van der Waals surface area contributed by atoms with E-state index in [0.717, 1.165) is 0 Å². The summed E-state index contributed by atoms with van der Waals surface area (Å²) in [6.07, 6.45) is 5.17. The van der Waals surface area contributed by atoms with Crippen LogP contribution in [0.15, 0.2) is 18.2 Å². The molecule has 1 aromatic rings. The van der Waals surface area contributed by atoms with Crippen LogP contribution < -0.4 is 5.32 Å². The van der Waals surface area contributed by atoms with Crippen molar-refractivity contribution in [3.8, 4) is 12.3 Å². The lowest BCUT2D eigenvalue weighted by Crippen LogP contribution is -2.23. The smallest absolute Gasteiger partial charge is 0.129 e. The minimum atomic E-state index is -0.311. The third-order valence-corrected chi connectivity index (χ3v) is 2.10. The van der Waals surface area contributed by atoms with Crippen LogP contribution in [0.25, 0.3) is 0 Å². The Hall–Kier alpha value is -1.04. The SMILES string of the molecule is C#CC(C)NCc1ccc(Cl)cc1F. The number of hydrogen-bond donors (Lipinski definition) is 1. The summed E-state index contributed by atoms with van der Waals surface area (Å²) < 4.78 is 13.2. The summed E-state index contributed by atoms with van der Waals surface area (Å²) in [7, 11) is 0. The van der Waals surface area contributed by atoms with E-state index in [-0.39, 0.29) is 11.9 Å². The van der Waals surface area contributed by atoms with Gasteiger partial charge in [0.1, 0.15) is 5.82 Å². The molecule has 0 aliphatic rings. The summed E-state index contributed by atoms with van der Waals surface area (Å²) in [4.78, 5) is 0. The highest BCUT2D eigenvalue weighted by Crippen LogP contribution is 2.14. The van der Waals surface area contributed by atoms with E-state index in [0.29, 0.717) is 17.1 Å². The maximum atomic E-state index is 13.2. The zero-order chi connectivity index (χ0) is 10.6. The molecule has 0 spiro atoms. The fourth-order valence-corrected chi connectivity index (χ4v) is 1.15. The van der Waals surface area contributed by atoms with Gasteiger partial charge in [0.25, 0.3) is 0 Å². The Kier molecular flexibility index (Phi) is 3.94. The molecule has 3 heteroatoms. The maximum Gasteiger partial charge on any atom is 0.129 e. The van der Waals surface area contributed by atoms with Gasteiger partial charge in [0, 0.05) is 17.1 Å². The van der Waals surface area contributed by atoms with E-state index in [1.165, 1.54) is 6.07 Å². The van der Waals surface area contributed by atoms with Crippen molar-refractivity contribution >= 4 is 11.6 Å². The summed E-state index contributed by atoms with van der Waals surface area (Å²) in [6, 6.07) is 4.53. The zero-order valence-corrected chi connectivity index (χ0v) is 8.61. The molecule has 0 fully saturated rings. The second kappa shape index (κ2) is 4.99. The van der Waals surface area contributed by atoms with Gasteiger partial charge in [-0.25, -0.2) is 4.39 Å². The summed E-state index contributed by atoms with van der Waals surface area (Å²) in [5.74, 6) is 2.20. The molecular formula is C11H11ClFN. The van der Waals surface area contributed by atoms with Crippen LogP contribution in [-0.4, -0.2) is 6.04 Å². The van der Waals surface area contributed by atoms with Gasteiger partial charge in [-0.05, 0) is 19.1 Å². The maximum absolute atomic E-state index is 13.2. The average molecular weight is 212 g/mol. The lowest BCUT2D eigenvalue weighted by atomic mass is 10.2. The van der Waals surface area contributed by atoms with Gasteiger partial charge in [-0.15, -0.1) is 6.42 Å². The predicted octanol–water partition coefficient (Wildman–Crippen LogP) is 2.59. The first kappa shape index (κ1) is 11.0. The van der Waals surface area contributed by atoms with E-state index < -0.39 is 0 Å². The molecule has 0 aromatic heterocycles. The molecule has 0 amide bonds. The van der Waals surface area contributed by atoms with Crippen molar-refractivity contribution in [1.82, 2.24) is 5.32 Å². The zero-order valence-electron chi connectivity index (χ0n) is 7.85. The molecule has 1 rings (SSSR count). The minimum absolute atomic E-state index is 0.0647. The molecule has 1 unspecified atom stereocenters. The Bertz CT molecular complexity index is 357. The van der Waals surface area contributed by atoms with E-state index in [4.69, 9.17) is 18.0 Å². The molecule has 0 saturated carbocycles. The molecule has 0 aliphatic heterocycles. The molecule has 1 atom stereocenters. The van der Waals surface area contributed by atoms with E-state index in [1.54, 1.807) is 12.1 Å². The van der Waals surface area contributed by atoms with Gasteiger partial charge in [0.2, 0.25) is 0 Å². The monoisotopic (exact) mass is 211 g/mol. The van der Waals surface area contributed by atoms with Gasteiger partial charge < -0.3 is 0 Å². The molecule has 0 bridgehead atoms. The molecular weight excluding hydrogens is 201 g/mol. The van der Waals surface area contributed by atoms with Crippen LogP contribution in [0.3, 0.4) is 0 Å². The second-order valence-corrected chi connectivity index (χ2v) is 3.44. The largest absolute Gasteiger partial charge is 0.300 e. The Morgan fingerprint density at radius 2 is 2.36 bits per heavy atom. The first-order chi connectivity index (χ1) is 6.63. The van der Waals surface area contributed by atoms with Gasteiger partial charge in [-0.1, -0.05) is 23.6 Å². The van der Waals surface area contributed by atoms with Crippen LogP contribution in [0.2, 0.25) is 5.02 Å². The van der Waals surface area contributed by atoms with Crippen molar-refractivity contribution in [1.29, 1.82) is 0 Å². The number of benzene rings is 1. The number of nitrogens with one attached hydrogen (secondary N) is 1. The fraction of sp³-hybridized carbons (Fsp3) is 0.273. The standard InChI is InChI=1S/C11H11ClFN/c1-3-8(2)14-7-9-4-5-10(12)6-11(9)13/h1,4-6,8,14H,7H2,2H3. The molecule has 1 N–H and O–H groups in total. The molecule has 0 radical (unpaired) electrons. The van der Waals surface area contributed by atoms with Gasteiger partial charge in [0.15, 0.2) is 0 Å². The predicted molar refractivity (Wildman–Crippen MR) is 56.5 cm³/mol. The third kappa shape index (κ3) is 3.02. The quantitative estimate of drug-likeness (QED) is 0.758. The molecule has 0 saturated heterocycles.